The van der Waals surface area contributed by atoms with E-state index in [4.69, 9.17) is 9.47 Å². The fourth-order valence-corrected chi connectivity index (χ4v) is 9.66. The van der Waals surface area contributed by atoms with Crippen LogP contribution in [0, 0.1) is 0 Å². The summed E-state index contributed by atoms with van der Waals surface area (Å²) in [5.41, 5.74) is 0. The van der Waals surface area contributed by atoms with E-state index in [0.717, 1.165) is 39.3 Å². The van der Waals surface area contributed by atoms with Crippen LogP contribution in [0.2, 0.25) is 0 Å². The van der Waals surface area contributed by atoms with Gasteiger partial charge in [-0.2, -0.15) is 0 Å². The molecule has 0 bridgehead atoms. The topological polar surface area (TPSA) is 18.5 Å². The molecule has 4 rings (SSSR count). The Labute approximate surface area is 284 Å². The van der Waals surface area contributed by atoms with Crippen molar-refractivity contribution in [1.29, 1.82) is 0 Å². The van der Waals surface area contributed by atoms with Gasteiger partial charge in [-0.3, -0.25) is 0 Å². The van der Waals surface area contributed by atoms with Gasteiger partial charge in [0.15, 0.2) is 0 Å². The minimum Gasteiger partial charge on any atom is 0 e. The average molecular weight is 795 g/mol. The third-order valence-corrected chi connectivity index (χ3v) is 12.2. The van der Waals surface area contributed by atoms with Crippen molar-refractivity contribution in [2.45, 2.75) is 26.7 Å². The summed E-state index contributed by atoms with van der Waals surface area (Å²) < 4.78 is 70.1. The number of benzene rings is 4. The van der Waals surface area contributed by atoms with E-state index in [2.05, 4.69) is 135 Å². The van der Waals surface area contributed by atoms with Crippen LogP contribution in [0.15, 0.2) is 121 Å². The smallest absolute Gasteiger partial charge is 0 e. The molecular weight excluding hydrogens is 750 g/mol. The molecule has 0 N–H and O–H groups in total. The van der Waals surface area contributed by atoms with Crippen LogP contribution in [0.5, 0.6) is 0 Å². The molecule has 0 heterocycles. The SMILES string of the molecule is CCOCCC[PH+](c1ccccc1)c1ccccc1.CCOCCC[PH+](c1ccccc1)c1ccccc1.F[P-](F)(F)(F)(F)F.[Rh]. The van der Waals surface area contributed by atoms with E-state index in [1.54, 1.807) is 0 Å². The van der Waals surface area contributed by atoms with E-state index in [-0.39, 0.29) is 19.5 Å². The zero-order valence-corrected chi connectivity index (χ0v) is 30.6. The normalized spacial score (nSPS) is 12.5. The Kier molecular flexibility index (Phi) is 19.0. The second kappa shape index (κ2) is 20.6. The summed E-state index contributed by atoms with van der Waals surface area (Å²) in [6.45, 7) is 7.51. The summed E-state index contributed by atoms with van der Waals surface area (Å²) in [6.07, 6.45) is 4.76. The zero-order chi connectivity index (χ0) is 33.1. The fraction of sp³-hybridized carbons (Fsp3) is 0.294. The standard InChI is InChI=1S/2C17H21OP.F6P.Rh/c2*1-2-18-14-9-15-19(16-10-5-3-6-11-16)17-12-7-4-8-13-17;1-7(2,3,4,5)6;/h2*3-8,10-13H,2,9,14-15H2,1H3;;/q;;-1;/p+2. The largest absolute Gasteiger partial charge is 0 e. The molecule has 0 amide bonds. The number of rotatable bonds is 14. The number of halogens is 6. The minimum atomic E-state index is -10.7. The van der Waals surface area contributed by atoms with Gasteiger partial charge < -0.3 is 9.47 Å². The molecule has 0 saturated heterocycles. The summed E-state index contributed by atoms with van der Waals surface area (Å²) in [5, 5.41) is 5.98. The van der Waals surface area contributed by atoms with Crippen molar-refractivity contribution in [3.8, 4) is 0 Å². The molecule has 0 spiro atoms. The molecule has 0 aromatic heterocycles. The number of hydrogen-bond donors (Lipinski definition) is 0. The van der Waals surface area contributed by atoms with E-state index in [0.29, 0.717) is 0 Å². The molecule has 46 heavy (non-hydrogen) atoms. The molecule has 4 aromatic carbocycles. The molecule has 0 saturated carbocycles. The average Bonchev–Trinajstić information content (AvgIpc) is 3.02. The molecular formula is C34H44F6O2P3Rh+. The first-order valence-electron chi connectivity index (χ1n) is 14.9. The summed E-state index contributed by atoms with van der Waals surface area (Å²) >= 11 is 0. The quantitative estimate of drug-likeness (QED) is 0.0548. The van der Waals surface area contributed by atoms with Crippen LogP contribution in [-0.2, 0) is 29.0 Å². The van der Waals surface area contributed by atoms with Crippen LogP contribution in [0.25, 0.3) is 0 Å². The van der Waals surface area contributed by atoms with Crippen LogP contribution in [-0.4, -0.2) is 38.8 Å². The van der Waals surface area contributed by atoms with Crippen molar-refractivity contribution < 1.29 is 54.1 Å². The van der Waals surface area contributed by atoms with Gasteiger partial charge in [-0.15, -0.1) is 0 Å². The minimum absolute atomic E-state index is 0. The molecule has 0 aliphatic rings. The molecule has 0 aliphatic carbocycles. The van der Waals surface area contributed by atoms with Gasteiger partial charge in [0.25, 0.3) is 0 Å². The second-order valence-corrected chi connectivity index (χ2v) is 17.1. The molecule has 0 unspecified atom stereocenters. The van der Waals surface area contributed by atoms with Crippen molar-refractivity contribution in [3.63, 3.8) is 0 Å². The maximum absolute atomic E-state index is 10.7. The van der Waals surface area contributed by atoms with Gasteiger partial charge in [-0.25, -0.2) is 0 Å². The Morgan fingerprint density at radius 1 is 0.457 bits per heavy atom. The third-order valence-electron chi connectivity index (χ3n) is 6.33. The third kappa shape index (κ3) is 21.2. The van der Waals surface area contributed by atoms with E-state index < -0.39 is 23.7 Å². The first-order chi connectivity index (χ1) is 21.3. The number of ether oxygens (including phenoxy) is 2. The zero-order valence-electron chi connectivity index (χ0n) is 26.1. The van der Waals surface area contributed by atoms with E-state index in [1.165, 1.54) is 33.5 Å². The molecule has 0 aliphatic heterocycles. The van der Waals surface area contributed by atoms with Crippen molar-refractivity contribution in [1.82, 2.24) is 0 Å². The monoisotopic (exact) mass is 794 g/mol. The molecule has 2 nitrogen and oxygen atoms in total. The van der Waals surface area contributed by atoms with Gasteiger partial charge >= 0.3 is 33.0 Å². The number of hydrogen-bond acceptors (Lipinski definition) is 2. The summed E-state index contributed by atoms with van der Waals surface area (Å²) in [4.78, 5) is 0. The fourth-order valence-electron chi connectivity index (χ4n) is 4.46. The van der Waals surface area contributed by atoms with Crippen LogP contribution in [0.1, 0.15) is 26.7 Å². The van der Waals surface area contributed by atoms with Gasteiger partial charge in [0.05, 0.1) is 62.6 Å². The molecule has 4 aromatic rings. The van der Waals surface area contributed by atoms with E-state index in [9.17, 15) is 25.2 Å². The van der Waals surface area contributed by atoms with Crippen LogP contribution in [0.4, 0.5) is 25.2 Å². The molecule has 257 valence electrons. The molecule has 1 radical (unpaired) electrons. The Morgan fingerprint density at radius 3 is 0.870 bits per heavy atom. The maximum Gasteiger partial charge on any atom is 0 e. The first-order valence-corrected chi connectivity index (χ1v) is 20.4. The molecule has 0 atom stereocenters. The first kappa shape index (κ1) is 42.3. The van der Waals surface area contributed by atoms with Crippen molar-refractivity contribution in [3.05, 3.63) is 121 Å². The molecule has 12 heteroatoms. The van der Waals surface area contributed by atoms with Gasteiger partial charge in [0.1, 0.15) is 0 Å². The Balaban J connectivity index is 0.000000376. The predicted molar refractivity (Wildman–Crippen MR) is 186 cm³/mol. The van der Waals surface area contributed by atoms with Gasteiger partial charge in [0, 0.05) is 45.5 Å². The second-order valence-electron chi connectivity index (χ2n) is 9.98. The van der Waals surface area contributed by atoms with Gasteiger partial charge in [-0.1, -0.05) is 72.8 Å². The summed E-state index contributed by atoms with van der Waals surface area (Å²) in [6, 6.07) is 43.6. The van der Waals surface area contributed by atoms with Gasteiger partial charge in [0.2, 0.25) is 0 Å². The van der Waals surface area contributed by atoms with Crippen LogP contribution in [0.3, 0.4) is 0 Å². The van der Waals surface area contributed by atoms with E-state index in [1.807, 2.05) is 0 Å². The van der Waals surface area contributed by atoms with Gasteiger partial charge in [-0.05, 0) is 62.4 Å². The molecule has 0 fully saturated rings. The van der Waals surface area contributed by atoms with Crippen LogP contribution < -0.4 is 21.2 Å². The summed E-state index contributed by atoms with van der Waals surface area (Å²) in [5.74, 6) is 0. The Morgan fingerprint density at radius 2 is 0.674 bits per heavy atom. The Bertz CT molecular complexity index is 1140. The van der Waals surface area contributed by atoms with Crippen molar-refractivity contribution >= 4 is 44.9 Å². The predicted octanol–water partition coefficient (Wildman–Crippen LogP) is 9.94. The Hall–Kier alpha value is -1.71. The van der Waals surface area contributed by atoms with Crippen molar-refractivity contribution in [2.75, 3.05) is 38.8 Å². The summed E-state index contributed by atoms with van der Waals surface area (Å²) in [7, 11) is -12.0. The van der Waals surface area contributed by atoms with Crippen LogP contribution >= 0.6 is 23.7 Å². The van der Waals surface area contributed by atoms with E-state index >= 15 is 0 Å². The maximum atomic E-state index is 9.87. The van der Waals surface area contributed by atoms with Crippen molar-refractivity contribution in [2.24, 2.45) is 0 Å².